The first kappa shape index (κ1) is 37.7. The van der Waals surface area contributed by atoms with Crippen LogP contribution < -0.4 is 5.32 Å². The van der Waals surface area contributed by atoms with Gasteiger partial charge in [-0.2, -0.15) is 0 Å². The Morgan fingerprint density at radius 2 is 1.62 bits per heavy atom. The van der Waals surface area contributed by atoms with Crippen LogP contribution in [-0.4, -0.2) is 101 Å². The topological polar surface area (TPSA) is 135 Å². The van der Waals surface area contributed by atoms with Gasteiger partial charge >= 0.3 is 18.2 Å². The Balaban J connectivity index is 1.21. The average molecular weight is 743 g/mol. The van der Waals surface area contributed by atoms with Gasteiger partial charge in [-0.1, -0.05) is 73.3 Å². The molecule has 0 spiro atoms. The van der Waals surface area contributed by atoms with Crippen molar-refractivity contribution >= 4 is 41.7 Å². The summed E-state index contributed by atoms with van der Waals surface area (Å²) in [7, 11) is 0. The van der Waals surface area contributed by atoms with E-state index < -0.39 is 47.1 Å². The molecule has 2 aromatic rings. The maximum Gasteiger partial charge on any atom is 0.410 e. The summed E-state index contributed by atoms with van der Waals surface area (Å²) >= 11 is 1.29. The molecule has 4 aliphatic heterocycles. The second kappa shape index (κ2) is 16.3. The molecule has 3 fully saturated rings. The third-order valence-electron chi connectivity index (χ3n) is 9.58. The van der Waals surface area contributed by atoms with Gasteiger partial charge in [-0.05, 0) is 74.1 Å². The number of amides is 4. The van der Waals surface area contributed by atoms with E-state index in [0.717, 1.165) is 24.0 Å². The smallest absolute Gasteiger partial charge is 0.410 e. The molecule has 0 bridgehead atoms. The van der Waals surface area contributed by atoms with Gasteiger partial charge in [-0.25, -0.2) is 14.4 Å². The predicted octanol–water partition coefficient (Wildman–Crippen LogP) is 5.57. The maximum atomic E-state index is 14.4. The fourth-order valence-electron chi connectivity index (χ4n) is 6.98. The number of rotatable bonds is 10. The highest BCUT2D eigenvalue weighted by Crippen LogP contribution is 2.42. The third-order valence-corrected chi connectivity index (χ3v) is 10.8. The van der Waals surface area contributed by atoms with E-state index in [0.29, 0.717) is 43.7 Å². The van der Waals surface area contributed by atoms with E-state index in [1.165, 1.54) is 22.7 Å². The molecule has 0 saturated carbocycles. The van der Waals surface area contributed by atoms with Crippen LogP contribution in [0, 0.1) is 5.92 Å². The fourth-order valence-corrected chi connectivity index (χ4v) is 8.17. The molecule has 1 N–H and O–H groups in total. The SMILES string of the molecule is C=CCOC(=O)N1CCC(CN2CC/C(=C\C3=CS[C@@H]4[C@H](NC(=O)OC(C)(C)C)C(=O)N4[C@H]3C(=O)OC(c3ccccc3)c3ccccc3)C2=O)CC1. The Labute approximate surface area is 314 Å². The van der Waals surface area contributed by atoms with E-state index in [2.05, 4.69) is 11.9 Å². The Hall–Kier alpha value is -5.04. The van der Waals surface area contributed by atoms with Crippen LogP contribution in [0.3, 0.4) is 0 Å². The third kappa shape index (κ3) is 8.78. The van der Waals surface area contributed by atoms with Crippen LogP contribution in [0.4, 0.5) is 9.59 Å². The molecular formula is C40H46N4O8S. The molecule has 0 aromatic heterocycles. The van der Waals surface area contributed by atoms with Crippen LogP contribution in [0.15, 0.2) is 95.9 Å². The van der Waals surface area contributed by atoms with Gasteiger partial charge < -0.3 is 34.2 Å². The zero-order valence-electron chi connectivity index (χ0n) is 30.3. The van der Waals surface area contributed by atoms with Crippen molar-refractivity contribution < 1.29 is 38.2 Å². The number of β-lactam (4-membered cyclic amide) rings is 1. The van der Waals surface area contributed by atoms with Crippen molar-refractivity contribution in [3.63, 3.8) is 0 Å². The number of hydrogen-bond acceptors (Lipinski definition) is 9. The predicted molar refractivity (Wildman–Crippen MR) is 199 cm³/mol. The van der Waals surface area contributed by atoms with Crippen LogP contribution in [0.25, 0.3) is 0 Å². The number of nitrogens with zero attached hydrogens (tertiary/aromatic N) is 3. The molecule has 13 heteroatoms. The number of thioether (sulfide) groups is 1. The molecule has 3 saturated heterocycles. The average Bonchev–Trinajstić information content (AvgIpc) is 3.49. The lowest BCUT2D eigenvalue weighted by molar-refractivity contribution is -0.164. The maximum absolute atomic E-state index is 14.4. The van der Waals surface area contributed by atoms with Crippen molar-refractivity contribution in [1.82, 2.24) is 20.0 Å². The minimum absolute atomic E-state index is 0.121. The van der Waals surface area contributed by atoms with Crippen molar-refractivity contribution in [3.8, 4) is 0 Å². The van der Waals surface area contributed by atoms with E-state index in [9.17, 15) is 24.0 Å². The summed E-state index contributed by atoms with van der Waals surface area (Å²) < 4.78 is 16.8. The number of carbonyl (C=O) groups excluding carboxylic acids is 5. The van der Waals surface area contributed by atoms with Gasteiger partial charge in [0.25, 0.3) is 0 Å². The number of ether oxygens (including phenoxy) is 3. The highest BCUT2D eigenvalue weighted by Gasteiger charge is 2.56. The number of likely N-dealkylation sites (tertiary alicyclic amines) is 2. The summed E-state index contributed by atoms with van der Waals surface area (Å²) in [5.41, 5.74) is 1.77. The van der Waals surface area contributed by atoms with Crippen molar-refractivity contribution in [2.45, 2.75) is 69.2 Å². The minimum Gasteiger partial charge on any atom is -0.451 e. The van der Waals surface area contributed by atoms with E-state index >= 15 is 0 Å². The molecule has 2 aromatic carbocycles. The summed E-state index contributed by atoms with van der Waals surface area (Å²) in [6, 6.07) is 16.7. The Bertz CT molecular complexity index is 1730. The number of hydrogen-bond donors (Lipinski definition) is 1. The molecule has 53 heavy (non-hydrogen) atoms. The second-order valence-corrected chi connectivity index (χ2v) is 15.5. The molecule has 3 atom stereocenters. The monoisotopic (exact) mass is 742 g/mol. The quantitative estimate of drug-likeness (QED) is 0.109. The van der Waals surface area contributed by atoms with Gasteiger partial charge in [0.2, 0.25) is 11.8 Å². The molecule has 0 radical (unpaired) electrons. The summed E-state index contributed by atoms with van der Waals surface area (Å²) in [5, 5.41) is 3.87. The minimum atomic E-state index is -1.15. The zero-order valence-corrected chi connectivity index (χ0v) is 31.1. The molecule has 280 valence electrons. The lowest BCUT2D eigenvalue weighted by atomic mass is 9.95. The molecule has 4 amide bonds. The van der Waals surface area contributed by atoms with Crippen molar-refractivity contribution in [2.75, 3.05) is 32.8 Å². The number of nitrogens with one attached hydrogen (secondary N) is 1. The lowest BCUT2D eigenvalue weighted by Gasteiger charge is -2.51. The zero-order chi connectivity index (χ0) is 37.7. The molecular weight excluding hydrogens is 697 g/mol. The molecule has 0 aliphatic carbocycles. The Kier molecular flexibility index (Phi) is 11.6. The van der Waals surface area contributed by atoms with Crippen LogP contribution in [0.2, 0.25) is 0 Å². The van der Waals surface area contributed by atoms with E-state index in [1.807, 2.05) is 65.6 Å². The number of piperidine rings is 1. The highest BCUT2D eigenvalue weighted by molar-refractivity contribution is 8.03. The molecule has 4 aliphatic rings. The number of esters is 1. The van der Waals surface area contributed by atoms with Crippen LogP contribution in [0.1, 0.15) is 57.3 Å². The van der Waals surface area contributed by atoms with E-state index in [-0.39, 0.29) is 24.5 Å². The van der Waals surface area contributed by atoms with Gasteiger partial charge in [0.05, 0.1) is 0 Å². The van der Waals surface area contributed by atoms with Crippen LogP contribution in [-0.2, 0) is 28.6 Å². The summed E-state index contributed by atoms with van der Waals surface area (Å²) in [4.78, 5) is 71.7. The molecule has 0 unspecified atom stereocenters. The summed E-state index contributed by atoms with van der Waals surface area (Å²) in [6.45, 7) is 11.2. The van der Waals surface area contributed by atoms with Gasteiger partial charge in [-0.3, -0.25) is 9.59 Å². The molecule has 4 heterocycles. The molecule has 6 rings (SSSR count). The van der Waals surface area contributed by atoms with Crippen LogP contribution >= 0.6 is 11.8 Å². The number of fused-ring (bicyclic) bond motifs is 1. The highest BCUT2D eigenvalue weighted by atomic mass is 32.2. The fraction of sp³-hybridized carbons (Fsp3) is 0.425. The standard InChI is InChI=1S/C40H46N4O8S/c1-5-22-50-39(49)42-19-16-26(17-20-42)24-43-21-18-29(34(43)45)23-30-25-53-36-31(41-38(48)52-40(2,3)4)35(46)44(36)32(30)37(47)51-33(27-12-8-6-9-13-27)28-14-10-7-11-15-28/h5-15,23,25-26,31-33,36H,1,16-22,24H2,2-4H3,(H,41,48)/b29-23+/t31-,32-,36-/m1/s1. The Morgan fingerprint density at radius 1 is 0.981 bits per heavy atom. The van der Waals surface area contributed by atoms with Gasteiger partial charge in [0.15, 0.2) is 12.1 Å². The first-order valence-corrected chi connectivity index (χ1v) is 18.9. The number of alkyl carbamates (subject to hydrolysis) is 1. The summed E-state index contributed by atoms with van der Waals surface area (Å²) in [5.74, 6) is -0.991. The van der Waals surface area contributed by atoms with Crippen molar-refractivity contribution in [2.24, 2.45) is 5.92 Å². The number of benzene rings is 2. The first-order valence-electron chi connectivity index (χ1n) is 17.9. The first-order chi connectivity index (χ1) is 25.4. The van der Waals surface area contributed by atoms with E-state index in [4.69, 9.17) is 14.2 Å². The van der Waals surface area contributed by atoms with Crippen molar-refractivity contribution in [1.29, 1.82) is 0 Å². The van der Waals surface area contributed by atoms with Gasteiger partial charge in [-0.15, -0.1) is 11.8 Å². The molecule has 12 nitrogen and oxygen atoms in total. The Morgan fingerprint density at radius 3 is 2.23 bits per heavy atom. The normalized spacial score (nSPS) is 22.6. The van der Waals surface area contributed by atoms with Gasteiger partial charge in [0.1, 0.15) is 23.6 Å². The number of carbonyl (C=O) groups is 5. The van der Waals surface area contributed by atoms with E-state index in [1.54, 1.807) is 37.2 Å². The lowest BCUT2D eigenvalue weighted by Crippen LogP contribution is -2.74. The van der Waals surface area contributed by atoms with Crippen LogP contribution in [0.5, 0.6) is 0 Å². The second-order valence-electron chi connectivity index (χ2n) is 14.5. The van der Waals surface area contributed by atoms with Crippen molar-refractivity contribution in [3.05, 3.63) is 107 Å². The largest absolute Gasteiger partial charge is 0.451 e. The summed E-state index contributed by atoms with van der Waals surface area (Å²) in [6.07, 6.45) is 3.41. The van der Waals surface area contributed by atoms with Gasteiger partial charge in [0, 0.05) is 31.8 Å².